The number of thiophene rings is 2. The smallest absolute Gasteiger partial charge is 0.164 e. The monoisotopic (exact) mass is 1200 g/mol. The molecule has 0 radical (unpaired) electrons. The van der Waals surface area contributed by atoms with Gasteiger partial charge in [0.15, 0.2) is 34.9 Å². The van der Waals surface area contributed by atoms with Crippen LogP contribution in [0.3, 0.4) is 0 Å². The summed E-state index contributed by atoms with van der Waals surface area (Å²) in [6.07, 6.45) is 6.07. The molecule has 0 bridgehead atoms. The molecule has 0 unspecified atom stereocenters. The van der Waals surface area contributed by atoms with Crippen LogP contribution < -0.4 is 0 Å². The summed E-state index contributed by atoms with van der Waals surface area (Å²) in [6.45, 7) is 11.0. The van der Waals surface area contributed by atoms with E-state index in [4.69, 9.17) is 34.3 Å². The highest BCUT2D eigenvalue weighted by atomic mass is 32.1. The Morgan fingerprint density at radius 1 is 0.374 bits per heavy atom. The number of fused-ring (bicyclic) bond motifs is 16. The van der Waals surface area contributed by atoms with Crippen molar-refractivity contribution < 1.29 is 4.42 Å². The molecule has 0 fully saturated rings. The third-order valence-corrected chi connectivity index (χ3v) is 21.1. The van der Waals surface area contributed by atoms with Gasteiger partial charge in [0.1, 0.15) is 11.2 Å². The molecule has 0 spiro atoms. The average Bonchev–Trinajstić information content (AvgIpc) is 1.61. The molecule has 91 heavy (non-hydrogen) atoms. The third kappa shape index (κ3) is 8.31. The molecule has 0 saturated carbocycles. The van der Waals surface area contributed by atoms with Crippen molar-refractivity contribution in [3.63, 3.8) is 0 Å². The Balaban J connectivity index is 0.763. The number of para-hydroxylation sites is 1. The first-order valence-electron chi connectivity index (χ1n) is 30.6. The quantitative estimate of drug-likeness (QED) is 0.133. The fraction of sp³-hybridized carbons (Fsp3) is 0.0488. The molecule has 0 N–H and O–H groups in total. The molecule has 0 amide bonds. The van der Waals surface area contributed by atoms with E-state index in [1.807, 2.05) is 83.4 Å². The van der Waals surface area contributed by atoms with Gasteiger partial charge in [-0.15, -0.1) is 22.7 Å². The molecule has 17 aromatic rings. The number of furan rings is 1. The van der Waals surface area contributed by atoms with E-state index >= 15 is 0 Å². The molecule has 0 saturated heterocycles. The van der Waals surface area contributed by atoms with E-state index < -0.39 is 0 Å². The van der Waals surface area contributed by atoms with E-state index in [1.54, 1.807) is 0 Å². The van der Waals surface area contributed by atoms with Crippen molar-refractivity contribution in [1.82, 2.24) is 29.9 Å². The number of hydrogen-bond donors (Lipinski definition) is 0. The normalized spacial score (nSPS) is 12.9. The van der Waals surface area contributed by atoms with Crippen LogP contribution >= 0.6 is 22.7 Å². The van der Waals surface area contributed by atoms with Gasteiger partial charge in [0.2, 0.25) is 0 Å². The molecule has 0 aliphatic heterocycles. The molecule has 7 nitrogen and oxygen atoms in total. The summed E-state index contributed by atoms with van der Waals surface area (Å²) in [4.78, 5) is 32.2. The standard InChI is InChI=1S/C82H52N6OS2/c1-5-6-21-51-46(2)64(81-86-76(48-19-8-7-9-20-48)85-80(88-81)63-29-18-31-69-73(63)62-24-10-13-30-68(62)89-69)45-67-72(51)65-44-50(38-43-66(65)82(67,3)4)47-34-36-49(37-35-47)77-83-78(60-27-16-25-56-52(60)39-41-58-54-22-11-14-32-70(54)90-74(56)58)87-79(84-77)61-28-17-26-57-53(61)40-42-59-55-23-12-15-33-71(55)91-75(57)59/h5-45H,1H2,2-4H3/b21-6-. The molecule has 1 aliphatic rings. The minimum absolute atomic E-state index is 0.373. The maximum absolute atomic E-state index is 6.38. The van der Waals surface area contributed by atoms with Crippen molar-refractivity contribution in [3.05, 3.63) is 272 Å². The highest BCUT2D eigenvalue weighted by molar-refractivity contribution is 7.27. The second-order valence-electron chi connectivity index (χ2n) is 24.1. The van der Waals surface area contributed by atoms with E-state index in [0.29, 0.717) is 34.9 Å². The zero-order chi connectivity index (χ0) is 60.6. The van der Waals surface area contributed by atoms with Crippen molar-refractivity contribution >= 4 is 113 Å². The highest BCUT2D eigenvalue weighted by Gasteiger charge is 2.39. The Hall–Kier alpha value is -11.1. The summed E-state index contributed by atoms with van der Waals surface area (Å²) < 4.78 is 11.4. The Labute approximate surface area is 531 Å². The molecule has 428 valence electrons. The van der Waals surface area contributed by atoms with Crippen molar-refractivity contribution in [2.24, 2.45) is 0 Å². The SMILES string of the molecule is C=C/C=C\c1c(C)c(-c2nc(-c3ccccc3)nc(-c3cccc4oc5ccccc5c34)n2)cc2c1-c1cc(-c3ccc(-c4nc(-c5cccc6c5ccc5c7ccccc7sc65)nc(-c5cccc6c5ccc5c7ccccc7sc65)n4)cc3)ccc1C2(C)C. The third-order valence-electron chi connectivity index (χ3n) is 18.6. The van der Waals surface area contributed by atoms with Gasteiger partial charge in [-0.05, 0) is 98.6 Å². The minimum atomic E-state index is -0.373. The lowest BCUT2D eigenvalue weighted by Crippen LogP contribution is -2.15. The molecule has 5 aromatic heterocycles. The van der Waals surface area contributed by atoms with Crippen molar-refractivity contribution in [2.45, 2.75) is 26.2 Å². The molecular weight excluding hydrogens is 1150 g/mol. The Morgan fingerprint density at radius 2 is 0.846 bits per heavy atom. The van der Waals surface area contributed by atoms with Crippen molar-refractivity contribution in [3.8, 4) is 90.6 Å². The summed E-state index contributed by atoms with van der Waals surface area (Å²) in [5, 5.41) is 11.6. The van der Waals surface area contributed by atoms with Crippen LogP contribution in [-0.4, -0.2) is 29.9 Å². The van der Waals surface area contributed by atoms with E-state index in [-0.39, 0.29) is 5.41 Å². The highest BCUT2D eigenvalue weighted by Crippen LogP contribution is 2.54. The van der Waals surface area contributed by atoms with Gasteiger partial charge < -0.3 is 4.42 Å². The molecule has 0 atom stereocenters. The van der Waals surface area contributed by atoms with Gasteiger partial charge in [0, 0.05) is 101 Å². The van der Waals surface area contributed by atoms with Gasteiger partial charge in [0.25, 0.3) is 0 Å². The zero-order valence-corrected chi connectivity index (χ0v) is 51.4. The fourth-order valence-corrected chi connectivity index (χ4v) is 16.6. The average molecular weight is 1200 g/mol. The summed E-state index contributed by atoms with van der Waals surface area (Å²) >= 11 is 3.67. The number of nitrogens with zero attached hydrogens (tertiary/aromatic N) is 6. The Bertz CT molecular complexity index is 5800. The Morgan fingerprint density at radius 3 is 1.48 bits per heavy atom. The Kier molecular flexibility index (Phi) is 11.9. The molecule has 5 heterocycles. The lowest BCUT2D eigenvalue weighted by atomic mass is 9.80. The van der Waals surface area contributed by atoms with Gasteiger partial charge in [-0.25, -0.2) is 29.9 Å². The van der Waals surface area contributed by atoms with Crippen molar-refractivity contribution in [1.29, 1.82) is 0 Å². The largest absolute Gasteiger partial charge is 0.456 e. The first kappa shape index (κ1) is 53.0. The van der Waals surface area contributed by atoms with E-state index in [1.165, 1.54) is 73.4 Å². The fourth-order valence-electron chi connectivity index (χ4n) is 14.1. The van der Waals surface area contributed by atoms with E-state index in [9.17, 15) is 0 Å². The minimum Gasteiger partial charge on any atom is -0.456 e. The number of rotatable bonds is 9. The summed E-state index contributed by atoms with van der Waals surface area (Å²) in [6, 6.07) is 81.9. The van der Waals surface area contributed by atoms with Gasteiger partial charge in [-0.3, -0.25) is 0 Å². The summed E-state index contributed by atoms with van der Waals surface area (Å²) in [7, 11) is 0. The van der Waals surface area contributed by atoms with E-state index in [2.05, 4.69) is 215 Å². The first-order chi connectivity index (χ1) is 44.7. The zero-order valence-electron chi connectivity index (χ0n) is 49.8. The molecular formula is C82H52N6OS2. The maximum atomic E-state index is 6.38. The molecule has 18 rings (SSSR count). The lowest BCUT2D eigenvalue weighted by Gasteiger charge is -2.23. The summed E-state index contributed by atoms with van der Waals surface area (Å²) in [5.74, 6) is 3.64. The van der Waals surface area contributed by atoms with Gasteiger partial charge in [0.05, 0.1) is 0 Å². The second-order valence-corrected chi connectivity index (χ2v) is 26.2. The van der Waals surface area contributed by atoms with Gasteiger partial charge in [-0.1, -0.05) is 233 Å². The van der Waals surface area contributed by atoms with Gasteiger partial charge in [-0.2, -0.15) is 0 Å². The van der Waals surface area contributed by atoms with Crippen LogP contribution in [0.1, 0.15) is 36.1 Å². The summed E-state index contributed by atoms with van der Waals surface area (Å²) in [5.41, 5.74) is 16.0. The molecule has 9 heteroatoms. The number of hydrogen-bond acceptors (Lipinski definition) is 9. The van der Waals surface area contributed by atoms with Crippen LogP contribution in [0.4, 0.5) is 0 Å². The predicted molar refractivity (Wildman–Crippen MR) is 381 cm³/mol. The maximum Gasteiger partial charge on any atom is 0.164 e. The van der Waals surface area contributed by atoms with Crippen LogP contribution in [0.5, 0.6) is 0 Å². The van der Waals surface area contributed by atoms with Crippen LogP contribution in [-0.2, 0) is 5.41 Å². The second kappa shape index (κ2) is 20.5. The first-order valence-corrected chi connectivity index (χ1v) is 32.2. The topological polar surface area (TPSA) is 90.5 Å². The van der Waals surface area contributed by atoms with Gasteiger partial charge >= 0.3 is 0 Å². The number of allylic oxidation sites excluding steroid dienone is 2. The van der Waals surface area contributed by atoms with E-state index in [0.717, 1.165) is 88.3 Å². The van der Waals surface area contributed by atoms with Crippen LogP contribution in [0.25, 0.3) is 180 Å². The number of benzene rings is 12. The molecule has 12 aromatic carbocycles. The van der Waals surface area contributed by atoms with Crippen LogP contribution in [0.15, 0.2) is 254 Å². The number of aromatic nitrogens is 6. The lowest BCUT2D eigenvalue weighted by molar-refractivity contribution is 0.660. The van der Waals surface area contributed by atoms with Crippen LogP contribution in [0, 0.1) is 6.92 Å². The predicted octanol–water partition coefficient (Wildman–Crippen LogP) is 22.5. The molecule has 1 aliphatic carbocycles. The van der Waals surface area contributed by atoms with Crippen molar-refractivity contribution in [2.75, 3.05) is 0 Å². The van der Waals surface area contributed by atoms with Crippen LogP contribution in [0.2, 0.25) is 0 Å².